The van der Waals surface area contributed by atoms with Crippen molar-refractivity contribution in [1.82, 2.24) is 14.8 Å². The summed E-state index contributed by atoms with van der Waals surface area (Å²) in [6.07, 6.45) is 1.73. The molecule has 3 nitrogen and oxygen atoms in total. The molecular weight excluding hydrogens is 365 g/mol. The van der Waals surface area contributed by atoms with Crippen molar-refractivity contribution in [2.75, 3.05) is 0 Å². The molecule has 2 aromatic heterocycles. The van der Waals surface area contributed by atoms with Crippen molar-refractivity contribution >= 4 is 45.8 Å². The van der Waals surface area contributed by atoms with Crippen LogP contribution in [0.5, 0.6) is 0 Å². The predicted octanol–water partition coefficient (Wildman–Crippen LogP) is 6.05. The van der Waals surface area contributed by atoms with Gasteiger partial charge in [0.15, 0.2) is 5.65 Å². The number of halogens is 3. The maximum Gasteiger partial charge on any atom is 0.163 e. The molecule has 6 heteroatoms. The maximum absolute atomic E-state index is 6.35. The van der Waals surface area contributed by atoms with Gasteiger partial charge in [0.2, 0.25) is 0 Å². The van der Waals surface area contributed by atoms with E-state index in [9.17, 15) is 0 Å². The van der Waals surface area contributed by atoms with Crippen molar-refractivity contribution < 1.29 is 0 Å². The monoisotopic (exact) mass is 373 g/mol. The van der Waals surface area contributed by atoms with Gasteiger partial charge >= 0.3 is 0 Å². The Labute approximate surface area is 153 Å². The standard InChI is InChI=1S/C18H10Cl3N3/c19-12-5-3-11(4-6-12)17-14-2-1-9-22-18(14)24(23-17)16-8-7-13(20)10-15(16)21/h1-10H. The topological polar surface area (TPSA) is 30.7 Å². The zero-order valence-corrected chi connectivity index (χ0v) is 14.5. The summed E-state index contributed by atoms with van der Waals surface area (Å²) in [5.74, 6) is 0. The van der Waals surface area contributed by atoms with Gasteiger partial charge in [-0.3, -0.25) is 0 Å². The van der Waals surface area contributed by atoms with Gasteiger partial charge in [-0.15, -0.1) is 0 Å². The highest BCUT2D eigenvalue weighted by Gasteiger charge is 2.16. The molecule has 0 fully saturated rings. The van der Waals surface area contributed by atoms with Crippen molar-refractivity contribution in [1.29, 1.82) is 0 Å². The minimum absolute atomic E-state index is 0.514. The first-order valence-corrected chi connectivity index (χ1v) is 8.32. The summed E-state index contributed by atoms with van der Waals surface area (Å²) in [5.41, 5.74) is 3.23. The molecule has 0 aliphatic carbocycles. The number of nitrogens with zero attached hydrogens (tertiary/aromatic N) is 3. The van der Waals surface area contributed by atoms with Crippen LogP contribution in [-0.4, -0.2) is 14.8 Å². The lowest BCUT2D eigenvalue weighted by Gasteiger charge is -2.05. The molecule has 0 spiro atoms. The number of aromatic nitrogens is 3. The van der Waals surface area contributed by atoms with Crippen molar-refractivity contribution in [2.45, 2.75) is 0 Å². The Kier molecular flexibility index (Phi) is 3.93. The van der Waals surface area contributed by atoms with Crippen LogP contribution in [0.15, 0.2) is 60.8 Å². The molecule has 2 aromatic carbocycles. The van der Waals surface area contributed by atoms with E-state index in [-0.39, 0.29) is 0 Å². The Morgan fingerprint density at radius 1 is 0.833 bits per heavy atom. The zero-order chi connectivity index (χ0) is 16.7. The van der Waals surface area contributed by atoms with E-state index in [0.29, 0.717) is 15.1 Å². The van der Waals surface area contributed by atoms with E-state index in [0.717, 1.165) is 28.0 Å². The number of pyridine rings is 1. The molecule has 0 aliphatic heterocycles. The van der Waals surface area contributed by atoms with Crippen molar-refractivity contribution in [3.05, 3.63) is 75.9 Å². The fourth-order valence-electron chi connectivity index (χ4n) is 2.59. The van der Waals surface area contributed by atoms with E-state index in [1.165, 1.54) is 0 Å². The number of hydrogen-bond donors (Lipinski definition) is 0. The summed E-state index contributed by atoms with van der Waals surface area (Å²) in [6, 6.07) is 16.7. The quantitative estimate of drug-likeness (QED) is 0.428. The van der Waals surface area contributed by atoms with E-state index in [1.54, 1.807) is 23.0 Å². The van der Waals surface area contributed by atoms with Crippen molar-refractivity contribution in [3.8, 4) is 16.9 Å². The average molecular weight is 375 g/mol. The van der Waals surface area contributed by atoms with Gasteiger partial charge in [0.1, 0.15) is 5.69 Å². The first-order chi connectivity index (χ1) is 11.6. The van der Waals surface area contributed by atoms with Gasteiger partial charge in [-0.2, -0.15) is 5.10 Å². The number of fused-ring (bicyclic) bond motifs is 1. The smallest absolute Gasteiger partial charge is 0.163 e. The maximum atomic E-state index is 6.35. The van der Waals surface area contributed by atoms with Crippen LogP contribution in [0.4, 0.5) is 0 Å². The summed E-state index contributed by atoms with van der Waals surface area (Å²) < 4.78 is 1.73. The first kappa shape index (κ1) is 15.5. The van der Waals surface area contributed by atoms with Gasteiger partial charge in [-0.1, -0.05) is 46.9 Å². The molecule has 0 atom stereocenters. The molecule has 24 heavy (non-hydrogen) atoms. The van der Waals surface area contributed by atoms with E-state index in [2.05, 4.69) is 4.98 Å². The second-order valence-electron chi connectivity index (χ2n) is 5.24. The van der Waals surface area contributed by atoms with E-state index in [4.69, 9.17) is 39.9 Å². The fraction of sp³-hybridized carbons (Fsp3) is 0. The van der Waals surface area contributed by atoms with E-state index < -0.39 is 0 Å². The molecule has 2 heterocycles. The SMILES string of the molecule is Clc1ccc(-c2nn(-c3ccc(Cl)cc3Cl)c3ncccc23)cc1. The van der Waals surface area contributed by atoms with Gasteiger partial charge in [0.25, 0.3) is 0 Å². The molecule has 0 bridgehead atoms. The van der Waals surface area contributed by atoms with Crippen LogP contribution in [0.3, 0.4) is 0 Å². The highest BCUT2D eigenvalue weighted by molar-refractivity contribution is 6.35. The highest BCUT2D eigenvalue weighted by Crippen LogP contribution is 2.32. The third-order valence-electron chi connectivity index (χ3n) is 3.70. The largest absolute Gasteiger partial charge is 0.237 e. The number of rotatable bonds is 2. The fourth-order valence-corrected chi connectivity index (χ4v) is 3.21. The van der Waals surface area contributed by atoms with Crippen LogP contribution in [0.1, 0.15) is 0 Å². The summed E-state index contributed by atoms with van der Waals surface area (Å²) in [6.45, 7) is 0. The Balaban J connectivity index is 1.99. The normalized spacial score (nSPS) is 11.1. The molecule has 118 valence electrons. The van der Waals surface area contributed by atoms with Crippen LogP contribution >= 0.6 is 34.8 Å². The molecule has 0 unspecified atom stereocenters. The molecule has 0 amide bonds. The van der Waals surface area contributed by atoms with Crippen LogP contribution in [0, 0.1) is 0 Å². The third-order valence-corrected chi connectivity index (χ3v) is 4.49. The molecule has 0 saturated carbocycles. The third kappa shape index (κ3) is 2.65. The second-order valence-corrected chi connectivity index (χ2v) is 6.52. The average Bonchev–Trinajstić information content (AvgIpc) is 2.95. The zero-order valence-electron chi connectivity index (χ0n) is 12.2. The Morgan fingerprint density at radius 3 is 2.33 bits per heavy atom. The first-order valence-electron chi connectivity index (χ1n) is 7.18. The molecular formula is C18H10Cl3N3. The lowest BCUT2D eigenvalue weighted by atomic mass is 10.1. The molecule has 0 radical (unpaired) electrons. The summed E-state index contributed by atoms with van der Waals surface area (Å²) >= 11 is 18.3. The van der Waals surface area contributed by atoms with Gasteiger partial charge in [-0.25, -0.2) is 9.67 Å². The number of hydrogen-bond acceptors (Lipinski definition) is 2. The summed E-state index contributed by atoms with van der Waals surface area (Å²) in [4.78, 5) is 4.47. The lowest BCUT2D eigenvalue weighted by molar-refractivity contribution is 0.901. The molecule has 4 rings (SSSR count). The molecule has 0 saturated heterocycles. The van der Waals surface area contributed by atoms with E-state index >= 15 is 0 Å². The van der Waals surface area contributed by atoms with E-state index in [1.807, 2.05) is 42.5 Å². The van der Waals surface area contributed by atoms with Gasteiger partial charge in [0.05, 0.1) is 10.7 Å². The highest BCUT2D eigenvalue weighted by atomic mass is 35.5. The molecule has 4 aromatic rings. The Bertz CT molecular complexity index is 1040. The van der Waals surface area contributed by atoms with Gasteiger partial charge in [0, 0.05) is 27.2 Å². The van der Waals surface area contributed by atoms with Crippen LogP contribution in [-0.2, 0) is 0 Å². The van der Waals surface area contributed by atoms with Gasteiger partial charge in [-0.05, 0) is 42.5 Å². The molecule has 0 N–H and O–H groups in total. The predicted molar refractivity (Wildman–Crippen MR) is 99.3 cm³/mol. The minimum atomic E-state index is 0.514. The van der Waals surface area contributed by atoms with Crippen LogP contribution < -0.4 is 0 Å². The lowest BCUT2D eigenvalue weighted by Crippen LogP contribution is -1.98. The summed E-state index contributed by atoms with van der Waals surface area (Å²) in [5, 5.41) is 7.44. The molecule has 0 aliphatic rings. The Morgan fingerprint density at radius 2 is 1.58 bits per heavy atom. The number of benzene rings is 2. The van der Waals surface area contributed by atoms with Gasteiger partial charge < -0.3 is 0 Å². The summed E-state index contributed by atoms with van der Waals surface area (Å²) in [7, 11) is 0. The second kappa shape index (κ2) is 6.10. The van der Waals surface area contributed by atoms with Crippen LogP contribution in [0.2, 0.25) is 15.1 Å². The van der Waals surface area contributed by atoms with Crippen molar-refractivity contribution in [3.63, 3.8) is 0 Å². The minimum Gasteiger partial charge on any atom is -0.237 e. The van der Waals surface area contributed by atoms with Crippen LogP contribution in [0.25, 0.3) is 28.0 Å². The van der Waals surface area contributed by atoms with Crippen molar-refractivity contribution in [2.24, 2.45) is 0 Å². The Hall–Kier alpha value is -2.07.